The largest absolute Gasteiger partial charge is 0.416 e. The Kier molecular flexibility index (Phi) is 5.51. The molecule has 1 fully saturated rings. The molecule has 158 valence electrons. The van der Waals surface area contributed by atoms with E-state index in [0.29, 0.717) is 54.9 Å². The van der Waals surface area contributed by atoms with E-state index in [-0.39, 0.29) is 11.8 Å². The Morgan fingerprint density at radius 3 is 2.67 bits per heavy atom. The maximum absolute atomic E-state index is 13.1. The van der Waals surface area contributed by atoms with Crippen molar-refractivity contribution in [2.75, 3.05) is 23.4 Å². The van der Waals surface area contributed by atoms with Crippen LogP contribution in [0.4, 0.5) is 24.5 Å². The lowest BCUT2D eigenvalue weighted by atomic mass is 9.98. The van der Waals surface area contributed by atoms with Crippen molar-refractivity contribution in [1.82, 2.24) is 0 Å². The second-order valence-electron chi connectivity index (χ2n) is 7.47. The minimum absolute atomic E-state index is 0.250. The first-order valence-electron chi connectivity index (χ1n) is 9.87. The summed E-state index contributed by atoms with van der Waals surface area (Å²) in [5, 5.41) is 2.77. The van der Waals surface area contributed by atoms with Crippen molar-refractivity contribution in [1.29, 1.82) is 0 Å². The van der Waals surface area contributed by atoms with E-state index in [1.807, 2.05) is 0 Å². The highest BCUT2D eigenvalue weighted by Gasteiger charge is 2.33. The highest BCUT2D eigenvalue weighted by Crippen LogP contribution is 2.35. The first-order valence-corrected chi connectivity index (χ1v) is 9.87. The zero-order chi connectivity index (χ0) is 21.3. The lowest BCUT2D eigenvalue weighted by molar-refractivity contribution is -0.137. The Morgan fingerprint density at radius 1 is 1.10 bits per heavy atom. The molecule has 30 heavy (non-hydrogen) atoms. The number of ether oxygens (including phenoxy) is 1. The van der Waals surface area contributed by atoms with Crippen LogP contribution in [-0.2, 0) is 22.1 Å². The van der Waals surface area contributed by atoms with E-state index in [1.54, 1.807) is 24.3 Å². The number of carbonyl (C=O) groups is 2. The number of benzene rings is 2. The molecule has 0 radical (unpaired) electrons. The van der Waals surface area contributed by atoms with E-state index in [2.05, 4.69) is 5.32 Å². The first-order chi connectivity index (χ1) is 14.3. The predicted octanol–water partition coefficient (Wildman–Crippen LogP) is 4.42. The normalized spacial score (nSPS) is 18.8. The molecule has 2 heterocycles. The van der Waals surface area contributed by atoms with E-state index >= 15 is 0 Å². The summed E-state index contributed by atoms with van der Waals surface area (Å²) in [7, 11) is 0. The fourth-order valence-corrected chi connectivity index (χ4v) is 3.88. The second-order valence-corrected chi connectivity index (χ2v) is 7.47. The molecule has 1 atom stereocenters. The van der Waals surface area contributed by atoms with Crippen LogP contribution in [-0.4, -0.2) is 31.1 Å². The third kappa shape index (κ3) is 4.18. The molecule has 2 aliphatic heterocycles. The molecule has 2 aromatic carbocycles. The van der Waals surface area contributed by atoms with E-state index in [1.165, 1.54) is 11.0 Å². The van der Waals surface area contributed by atoms with Gasteiger partial charge in [0.05, 0.1) is 5.56 Å². The van der Waals surface area contributed by atoms with Gasteiger partial charge in [-0.1, -0.05) is 6.07 Å². The van der Waals surface area contributed by atoms with Crippen molar-refractivity contribution in [2.45, 2.75) is 38.0 Å². The van der Waals surface area contributed by atoms with Crippen LogP contribution in [0, 0.1) is 0 Å². The van der Waals surface area contributed by atoms with Crippen molar-refractivity contribution < 1.29 is 27.5 Å². The zero-order valence-electron chi connectivity index (χ0n) is 16.2. The van der Waals surface area contributed by atoms with Crippen molar-refractivity contribution in [3.05, 3.63) is 59.2 Å². The molecular formula is C22H21F3N2O3. The number of carbonyl (C=O) groups excluding carboxylic acids is 2. The van der Waals surface area contributed by atoms with Crippen molar-refractivity contribution in [3.8, 4) is 0 Å². The Hall–Kier alpha value is -2.87. The van der Waals surface area contributed by atoms with Gasteiger partial charge in [0.2, 0.25) is 0 Å². The maximum atomic E-state index is 13.1. The smallest absolute Gasteiger partial charge is 0.368 e. The number of nitrogens with zero attached hydrogens (tertiary/aromatic N) is 1. The molecule has 1 N–H and O–H groups in total. The van der Waals surface area contributed by atoms with Gasteiger partial charge < -0.3 is 15.0 Å². The Balaban J connectivity index is 1.55. The highest BCUT2D eigenvalue weighted by molar-refractivity contribution is 6.07. The number of aryl methyl sites for hydroxylation is 1. The third-order valence-electron chi connectivity index (χ3n) is 5.37. The van der Waals surface area contributed by atoms with Crippen LogP contribution in [0.5, 0.6) is 0 Å². The average Bonchev–Trinajstić information content (AvgIpc) is 3.27. The van der Waals surface area contributed by atoms with Gasteiger partial charge in [-0.25, -0.2) is 0 Å². The summed E-state index contributed by atoms with van der Waals surface area (Å²) < 4.78 is 44.4. The fourth-order valence-electron chi connectivity index (χ4n) is 3.88. The molecule has 5 nitrogen and oxygen atoms in total. The standard InChI is InChI=1S/C22H21F3N2O3/c23-22(24,25)16-8-9-18-14(12-16)5-2-10-27(18)21(29)15-4-1-6-17(13-15)26-20(28)19-7-3-11-30-19/h1,4,6,8-9,12-13,19H,2-3,5,7,10-11H2,(H,26,28). The lowest BCUT2D eigenvalue weighted by Gasteiger charge is -2.30. The van der Waals surface area contributed by atoms with Gasteiger partial charge in [0.15, 0.2) is 0 Å². The van der Waals surface area contributed by atoms with E-state index in [4.69, 9.17) is 4.74 Å². The molecule has 1 unspecified atom stereocenters. The number of alkyl halides is 3. The maximum Gasteiger partial charge on any atom is 0.416 e. The number of hydrogen-bond acceptors (Lipinski definition) is 3. The van der Waals surface area contributed by atoms with Crippen LogP contribution >= 0.6 is 0 Å². The molecule has 0 saturated carbocycles. The van der Waals surface area contributed by atoms with E-state index in [9.17, 15) is 22.8 Å². The van der Waals surface area contributed by atoms with Crippen LogP contribution in [0.2, 0.25) is 0 Å². The van der Waals surface area contributed by atoms with Crippen molar-refractivity contribution >= 4 is 23.2 Å². The molecule has 2 aliphatic rings. The van der Waals surface area contributed by atoms with Gasteiger partial charge in [0, 0.05) is 30.1 Å². The minimum atomic E-state index is -4.42. The average molecular weight is 418 g/mol. The first kappa shape index (κ1) is 20.4. The summed E-state index contributed by atoms with van der Waals surface area (Å²) in [5.74, 6) is -0.566. The van der Waals surface area contributed by atoms with E-state index in [0.717, 1.165) is 18.6 Å². The number of fused-ring (bicyclic) bond motifs is 1. The van der Waals surface area contributed by atoms with Crippen molar-refractivity contribution in [3.63, 3.8) is 0 Å². The summed E-state index contributed by atoms with van der Waals surface area (Å²) in [5.41, 5.74) is 1.12. The van der Waals surface area contributed by atoms with Crippen LogP contribution in [0.25, 0.3) is 0 Å². The van der Waals surface area contributed by atoms with E-state index < -0.39 is 17.8 Å². The van der Waals surface area contributed by atoms with Gasteiger partial charge in [0.25, 0.3) is 11.8 Å². The van der Waals surface area contributed by atoms with Gasteiger partial charge in [-0.15, -0.1) is 0 Å². The molecule has 0 bridgehead atoms. The summed E-state index contributed by atoms with van der Waals surface area (Å²) in [6.45, 7) is 0.977. The van der Waals surface area contributed by atoms with Gasteiger partial charge in [-0.3, -0.25) is 9.59 Å². The summed E-state index contributed by atoms with van der Waals surface area (Å²) in [4.78, 5) is 26.9. The summed E-state index contributed by atoms with van der Waals surface area (Å²) >= 11 is 0. The molecule has 2 aromatic rings. The quantitative estimate of drug-likeness (QED) is 0.803. The fraction of sp³-hybridized carbons (Fsp3) is 0.364. The molecule has 4 rings (SSSR count). The van der Waals surface area contributed by atoms with Crippen LogP contribution < -0.4 is 10.2 Å². The van der Waals surface area contributed by atoms with Gasteiger partial charge >= 0.3 is 6.18 Å². The molecule has 0 spiro atoms. The predicted molar refractivity (Wildman–Crippen MR) is 105 cm³/mol. The van der Waals surface area contributed by atoms with Crippen LogP contribution in [0.3, 0.4) is 0 Å². The Bertz CT molecular complexity index is 968. The van der Waals surface area contributed by atoms with Crippen LogP contribution in [0.15, 0.2) is 42.5 Å². The number of hydrogen-bond donors (Lipinski definition) is 1. The second kappa shape index (κ2) is 8.10. The van der Waals surface area contributed by atoms with Crippen molar-refractivity contribution in [2.24, 2.45) is 0 Å². The molecule has 0 aromatic heterocycles. The number of rotatable bonds is 3. The molecule has 1 saturated heterocycles. The summed E-state index contributed by atoms with van der Waals surface area (Å²) in [6, 6.07) is 10.0. The zero-order valence-corrected chi connectivity index (χ0v) is 16.2. The Morgan fingerprint density at radius 2 is 1.93 bits per heavy atom. The van der Waals surface area contributed by atoms with Gasteiger partial charge in [0.1, 0.15) is 6.10 Å². The summed E-state index contributed by atoms with van der Waals surface area (Å²) in [6.07, 6.45) is -2.34. The number of amides is 2. The molecular weight excluding hydrogens is 397 g/mol. The third-order valence-corrected chi connectivity index (χ3v) is 5.37. The minimum Gasteiger partial charge on any atom is -0.368 e. The van der Waals surface area contributed by atoms with Gasteiger partial charge in [-0.2, -0.15) is 13.2 Å². The number of nitrogens with one attached hydrogen (secondary N) is 1. The SMILES string of the molecule is O=C(Nc1cccc(C(=O)N2CCCc3cc(C(F)(F)F)ccc32)c1)C1CCCO1. The monoisotopic (exact) mass is 418 g/mol. The number of anilines is 2. The number of halogens is 3. The molecule has 2 amide bonds. The highest BCUT2D eigenvalue weighted by atomic mass is 19.4. The topological polar surface area (TPSA) is 58.6 Å². The van der Waals surface area contributed by atoms with Gasteiger partial charge in [-0.05, 0) is 67.6 Å². The molecule has 8 heteroatoms. The Labute approximate surface area is 171 Å². The molecule has 0 aliphatic carbocycles. The lowest BCUT2D eigenvalue weighted by Crippen LogP contribution is -2.35. The van der Waals surface area contributed by atoms with Crippen LogP contribution in [0.1, 0.15) is 40.7 Å².